The molecular formula is C18H16N4O2. The Hall–Kier alpha value is -2.83. The van der Waals surface area contributed by atoms with Gasteiger partial charge in [0.25, 0.3) is 0 Å². The molecule has 0 saturated carbocycles. The van der Waals surface area contributed by atoms with E-state index in [9.17, 15) is 5.11 Å². The number of aromatic nitrogens is 4. The Morgan fingerprint density at radius 1 is 0.917 bits per heavy atom. The van der Waals surface area contributed by atoms with Gasteiger partial charge in [0.15, 0.2) is 5.65 Å². The van der Waals surface area contributed by atoms with Crippen molar-refractivity contribution in [1.29, 1.82) is 0 Å². The Balaban J connectivity index is 1.99. The minimum atomic E-state index is -0.874. The smallest absolute Gasteiger partial charge is 0.182 e. The number of rotatable bonds is 4. The van der Waals surface area contributed by atoms with Gasteiger partial charge in [-0.2, -0.15) is 5.10 Å². The third-order valence-corrected chi connectivity index (χ3v) is 3.89. The zero-order valence-electron chi connectivity index (χ0n) is 12.9. The fourth-order valence-corrected chi connectivity index (χ4v) is 2.72. The number of benzene rings is 2. The highest BCUT2D eigenvalue weighted by molar-refractivity contribution is 5.86. The van der Waals surface area contributed by atoms with Gasteiger partial charge in [-0.25, -0.2) is 14.6 Å². The molecule has 0 aliphatic rings. The van der Waals surface area contributed by atoms with Gasteiger partial charge in [-0.1, -0.05) is 30.3 Å². The lowest BCUT2D eigenvalue weighted by molar-refractivity contribution is 0.0949. The highest BCUT2D eigenvalue weighted by atomic mass is 16.3. The molecule has 0 amide bonds. The predicted molar refractivity (Wildman–Crippen MR) is 91.0 cm³/mol. The van der Waals surface area contributed by atoms with Crippen LogP contribution in [0.5, 0.6) is 0 Å². The van der Waals surface area contributed by atoms with E-state index in [0.29, 0.717) is 16.9 Å². The summed E-state index contributed by atoms with van der Waals surface area (Å²) in [4.78, 5) is 9.37. The molecule has 0 spiro atoms. The summed E-state index contributed by atoms with van der Waals surface area (Å²) in [6.45, 7) is -0.319. The molecule has 0 fully saturated rings. The zero-order valence-corrected chi connectivity index (χ0v) is 12.9. The Labute approximate surface area is 138 Å². The lowest BCUT2D eigenvalue weighted by Crippen LogP contribution is -2.15. The number of nitrogens with zero attached hydrogens (tertiary/aromatic N) is 4. The number of fused-ring (bicyclic) bond motifs is 2. The summed E-state index contributed by atoms with van der Waals surface area (Å²) in [6, 6.07) is 17.3. The third-order valence-electron chi connectivity index (χ3n) is 3.89. The monoisotopic (exact) mass is 320 g/mol. The van der Waals surface area contributed by atoms with Crippen molar-refractivity contribution < 1.29 is 10.2 Å². The van der Waals surface area contributed by atoms with Gasteiger partial charge >= 0.3 is 0 Å². The molecule has 6 nitrogen and oxygen atoms in total. The highest BCUT2D eigenvalue weighted by Crippen LogP contribution is 2.23. The number of hydrogen-bond donors (Lipinski definition) is 2. The fourth-order valence-electron chi connectivity index (χ4n) is 2.72. The number of para-hydroxylation sites is 3. The van der Waals surface area contributed by atoms with E-state index in [1.54, 1.807) is 4.68 Å². The quantitative estimate of drug-likeness (QED) is 0.600. The van der Waals surface area contributed by atoms with Crippen LogP contribution in [-0.2, 0) is 6.42 Å². The van der Waals surface area contributed by atoms with E-state index in [1.807, 2.05) is 54.6 Å². The molecule has 24 heavy (non-hydrogen) atoms. The van der Waals surface area contributed by atoms with Crippen molar-refractivity contribution in [1.82, 2.24) is 19.7 Å². The SMILES string of the molecule is OCC(O)Cc1nn(-c2ccccc2)c2nc3ccccc3nc12. The number of aliphatic hydroxyl groups is 2. The maximum atomic E-state index is 9.82. The first-order valence-electron chi connectivity index (χ1n) is 7.75. The maximum Gasteiger partial charge on any atom is 0.182 e. The first-order valence-corrected chi connectivity index (χ1v) is 7.75. The van der Waals surface area contributed by atoms with Crippen molar-refractivity contribution in [3.05, 3.63) is 60.3 Å². The maximum absolute atomic E-state index is 9.82. The third kappa shape index (κ3) is 2.51. The molecule has 1 atom stereocenters. The second kappa shape index (κ2) is 5.99. The van der Waals surface area contributed by atoms with Crippen LogP contribution in [0.2, 0.25) is 0 Å². The van der Waals surface area contributed by atoms with Crippen LogP contribution in [-0.4, -0.2) is 42.7 Å². The molecule has 0 aliphatic carbocycles. The molecular weight excluding hydrogens is 304 g/mol. The zero-order chi connectivity index (χ0) is 16.5. The van der Waals surface area contributed by atoms with E-state index in [-0.39, 0.29) is 13.0 Å². The summed E-state index contributed by atoms with van der Waals surface area (Å²) in [7, 11) is 0. The second-order valence-corrected chi connectivity index (χ2v) is 5.62. The fraction of sp³-hybridized carbons (Fsp3) is 0.167. The van der Waals surface area contributed by atoms with Crippen molar-refractivity contribution in [2.75, 3.05) is 6.61 Å². The van der Waals surface area contributed by atoms with Crippen LogP contribution in [0.3, 0.4) is 0 Å². The van der Waals surface area contributed by atoms with Gasteiger partial charge in [0, 0.05) is 6.42 Å². The Bertz CT molecular complexity index is 998. The second-order valence-electron chi connectivity index (χ2n) is 5.62. The Morgan fingerprint density at radius 3 is 2.29 bits per heavy atom. The molecule has 2 N–H and O–H groups in total. The summed E-state index contributed by atoms with van der Waals surface area (Å²) >= 11 is 0. The van der Waals surface area contributed by atoms with E-state index in [0.717, 1.165) is 16.7 Å². The minimum absolute atomic E-state index is 0.222. The van der Waals surface area contributed by atoms with Crippen LogP contribution >= 0.6 is 0 Å². The minimum Gasteiger partial charge on any atom is -0.394 e. The first-order chi connectivity index (χ1) is 11.8. The van der Waals surface area contributed by atoms with Crippen LogP contribution in [0, 0.1) is 0 Å². The molecule has 0 aliphatic heterocycles. The van der Waals surface area contributed by atoms with Gasteiger partial charge < -0.3 is 10.2 Å². The summed E-state index contributed by atoms with van der Waals surface area (Å²) in [6.07, 6.45) is -0.652. The van der Waals surface area contributed by atoms with Crippen molar-refractivity contribution in [3.63, 3.8) is 0 Å². The van der Waals surface area contributed by atoms with Gasteiger partial charge in [0.05, 0.1) is 35.1 Å². The van der Waals surface area contributed by atoms with Gasteiger partial charge in [0.2, 0.25) is 0 Å². The van der Waals surface area contributed by atoms with Crippen LogP contribution < -0.4 is 0 Å². The number of aliphatic hydroxyl groups excluding tert-OH is 2. The standard InChI is InChI=1S/C18H16N4O2/c23-11-13(24)10-16-17-18(20-15-9-5-4-8-14(15)19-17)22(21-16)12-6-2-1-3-7-12/h1-9,13,23-24H,10-11H2. The number of hydrogen-bond acceptors (Lipinski definition) is 5. The summed E-state index contributed by atoms with van der Waals surface area (Å²) in [5.74, 6) is 0. The normalized spacial score (nSPS) is 12.8. The molecule has 0 radical (unpaired) electrons. The van der Waals surface area contributed by atoms with E-state index < -0.39 is 6.10 Å². The van der Waals surface area contributed by atoms with Crippen LogP contribution in [0.1, 0.15) is 5.69 Å². The topological polar surface area (TPSA) is 84.1 Å². The van der Waals surface area contributed by atoms with Gasteiger partial charge in [-0.05, 0) is 24.3 Å². The molecule has 4 aromatic rings. The van der Waals surface area contributed by atoms with E-state index >= 15 is 0 Å². The van der Waals surface area contributed by atoms with Gasteiger partial charge in [0.1, 0.15) is 5.52 Å². The largest absolute Gasteiger partial charge is 0.394 e. The van der Waals surface area contributed by atoms with Gasteiger partial charge in [-0.15, -0.1) is 0 Å². The molecule has 2 heterocycles. The molecule has 1 unspecified atom stereocenters. The Morgan fingerprint density at radius 2 is 1.58 bits per heavy atom. The molecule has 120 valence electrons. The summed E-state index contributed by atoms with van der Waals surface area (Å²) in [5.41, 5.74) is 4.34. The predicted octanol–water partition coefficient (Wildman–Crippen LogP) is 1.86. The van der Waals surface area contributed by atoms with Crippen LogP contribution in [0.15, 0.2) is 54.6 Å². The van der Waals surface area contributed by atoms with Gasteiger partial charge in [-0.3, -0.25) is 0 Å². The molecule has 0 saturated heterocycles. The summed E-state index contributed by atoms with van der Waals surface area (Å²) in [5, 5.41) is 23.6. The lowest BCUT2D eigenvalue weighted by atomic mass is 10.2. The van der Waals surface area contributed by atoms with Crippen LogP contribution in [0.4, 0.5) is 0 Å². The molecule has 4 rings (SSSR count). The highest BCUT2D eigenvalue weighted by Gasteiger charge is 2.18. The lowest BCUT2D eigenvalue weighted by Gasteiger charge is -2.03. The van der Waals surface area contributed by atoms with E-state index in [2.05, 4.69) is 10.1 Å². The van der Waals surface area contributed by atoms with E-state index in [4.69, 9.17) is 10.1 Å². The average Bonchev–Trinajstić information content (AvgIpc) is 2.98. The molecule has 2 aromatic heterocycles. The summed E-state index contributed by atoms with van der Waals surface area (Å²) < 4.78 is 1.73. The van der Waals surface area contributed by atoms with Crippen molar-refractivity contribution in [3.8, 4) is 5.69 Å². The van der Waals surface area contributed by atoms with E-state index in [1.165, 1.54) is 0 Å². The Kier molecular flexibility index (Phi) is 3.68. The molecule has 0 bridgehead atoms. The first kappa shape index (κ1) is 14.7. The molecule has 6 heteroatoms. The van der Waals surface area contributed by atoms with Crippen molar-refractivity contribution in [2.24, 2.45) is 0 Å². The molecule has 2 aromatic carbocycles. The van der Waals surface area contributed by atoms with Crippen LogP contribution in [0.25, 0.3) is 27.9 Å². The average molecular weight is 320 g/mol. The van der Waals surface area contributed by atoms with Crippen molar-refractivity contribution in [2.45, 2.75) is 12.5 Å². The van der Waals surface area contributed by atoms with Crippen molar-refractivity contribution >= 4 is 22.2 Å².